The molecule has 0 aliphatic carbocycles. The zero-order valence-electron chi connectivity index (χ0n) is 11.3. The highest BCUT2D eigenvalue weighted by molar-refractivity contribution is 4.76. The predicted octanol–water partition coefficient (Wildman–Crippen LogP) is 1.45. The highest BCUT2D eigenvalue weighted by Gasteiger charge is 2.14. The molecule has 0 spiro atoms. The molecular weight excluding hydrogens is 198 g/mol. The van der Waals surface area contributed by atoms with Gasteiger partial charge in [-0.05, 0) is 66.3 Å². The van der Waals surface area contributed by atoms with Gasteiger partial charge in [0.05, 0.1) is 0 Å². The second-order valence-corrected chi connectivity index (χ2v) is 5.39. The number of rotatable bonds is 7. The molecule has 1 saturated heterocycles. The fourth-order valence-corrected chi connectivity index (χ4v) is 2.38. The summed E-state index contributed by atoms with van der Waals surface area (Å²) in [5, 5.41) is 7.23. The SMILES string of the molecule is CC(CC1CCCCN1)NCCCN(C)C. The van der Waals surface area contributed by atoms with E-state index in [-0.39, 0.29) is 0 Å². The Balaban J connectivity index is 1.99. The van der Waals surface area contributed by atoms with Crippen molar-refractivity contribution < 1.29 is 0 Å². The number of hydrogen-bond donors (Lipinski definition) is 2. The van der Waals surface area contributed by atoms with Crippen LogP contribution >= 0.6 is 0 Å². The molecule has 0 bridgehead atoms. The molecule has 0 radical (unpaired) electrons. The zero-order chi connectivity index (χ0) is 11.8. The highest BCUT2D eigenvalue weighted by atomic mass is 15.1. The summed E-state index contributed by atoms with van der Waals surface area (Å²) in [7, 11) is 4.27. The van der Waals surface area contributed by atoms with E-state index >= 15 is 0 Å². The van der Waals surface area contributed by atoms with Crippen molar-refractivity contribution in [2.45, 2.75) is 51.1 Å². The van der Waals surface area contributed by atoms with Crippen molar-refractivity contribution in [3.63, 3.8) is 0 Å². The van der Waals surface area contributed by atoms with Crippen molar-refractivity contribution in [1.29, 1.82) is 0 Å². The van der Waals surface area contributed by atoms with E-state index in [0.717, 1.165) is 12.6 Å². The summed E-state index contributed by atoms with van der Waals surface area (Å²) in [5.74, 6) is 0. The third-order valence-corrected chi connectivity index (χ3v) is 3.33. The van der Waals surface area contributed by atoms with Crippen LogP contribution in [0, 0.1) is 0 Å². The third kappa shape index (κ3) is 6.46. The van der Waals surface area contributed by atoms with E-state index in [1.807, 2.05) is 0 Å². The summed E-state index contributed by atoms with van der Waals surface area (Å²) in [6.45, 7) is 5.86. The predicted molar refractivity (Wildman–Crippen MR) is 70.9 cm³/mol. The normalized spacial score (nSPS) is 23.6. The maximum absolute atomic E-state index is 3.62. The first kappa shape index (κ1) is 13.9. The Morgan fingerprint density at radius 3 is 2.81 bits per heavy atom. The van der Waals surface area contributed by atoms with E-state index in [2.05, 4.69) is 36.6 Å². The first-order chi connectivity index (χ1) is 7.68. The molecule has 2 unspecified atom stereocenters. The first-order valence-electron chi connectivity index (χ1n) is 6.80. The summed E-state index contributed by atoms with van der Waals surface area (Å²) in [4.78, 5) is 2.25. The van der Waals surface area contributed by atoms with Gasteiger partial charge in [0, 0.05) is 12.1 Å². The molecule has 2 N–H and O–H groups in total. The molecule has 0 saturated carbocycles. The number of nitrogens with zero attached hydrogens (tertiary/aromatic N) is 1. The van der Waals surface area contributed by atoms with Gasteiger partial charge in [-0.1, -0.05) is 6.42 Å². The number of piperidine rings is 1. The number of hydrogen-bond acceptors (Lipinski definition) is 3. The molecule has 2 atom stereocenters. The molecule has 1 aliphatic heterocycles. The summed E-state index contributed by atoms with van der Waals surface area (Å²) in [6, 6.07) is 1.41. The zero-order valence-corrected chi connectivity index (χ0v) is 11.3. The molecule has 0 aromatic rings. The summed E-state index contributed by atoms with van der Waals surface area (Å²) < 4.78 is 0. The van der Waals surface area contributed by atoms with Gasteiger partial charge in [0.25, 0.3) is 0 Å². The van der Waals surface area contributed by atoms with E-state index in [1.165, 1.54) is 45.2 Å². The van der Waals surface area contributed by atoms with Gasteiger partial charge < -0.3 is 15.5 Å². The fraction of sp³-hybridized carbons (Fsp3) is 1.00. The second-order valence-electron chi connectivity index (χ2n) is 5.39. The Bertz CT molecular complexity index is 165. The van der Waals surface area contributed by atoms with Crippen LogP contribution in [-0.2, 0) is 0 Å². The van der Waals surface area contributed by atoms with Crippen molar-refractivity contribution in [2.24, 2.45) is 0 Å². The number of nitrogens with one attached hydrogen (secondary N) is 2. The van der Waals surface area contributed by atoms with Gasteiger partial charge in [0.15, 0.2) is 0 Å². The Kier molecular flexibility index (Phi) is 7.01. The van der Waals surface area contributed by atoms with Gasteiger partial charge >= 0.3 is 0 Å². The second kappa shape index (κ2) is 8.04. The molecule has 0 aromatic carbocycles. The Hall–Kier alpha value is -0.120. The fourth-order valence-electron chi connectivity index (χ4n) is 2.38. The molecule has 1 rings (SSSR count). The van der Waals surface area contributed by atoms with Crippen LogP contribution in [0.2, 0.25) is 0 Å². The standard InChI is InChI=1S/C13H29N3/c1-12(14-9-6-10-16(2)3)11-13-7-4-5-8-15-13/h12-15H,4-11H2,1-3H3. The van der Waals surface area contributed by atoms with E-state index in [4.69, 9.17) is 0 Å². The molecule has 1 aliphatic rings. The van der Waals surface area contributed by atoms with Crippen LogP contribution in [0.1, 0.15) is 39.0 Å². The molecule has 1 fully saturated rings. The summed E-state index contributed by atoms with van der Waals surface area (Å²) in [6.07, 6.45) is 6.66. The molecule has 3 nitrogen and oxygen atoms in total. The van der Waals surface area contributed by atoms with E-state index in [9.17, 15) is 0 Å². The Morgan fingerprint density at radius 1 is 1.38 bits per heavy atom. The maximum atomic E-state index is 3.62. The average molecular weight is 227 g/mol. The lowest BCUT2D eigenvalue weighted by Gasteiger charge is -2.26. The molecule has 3 heteroatoms. The molecule has 96 valence electrons. The van der Waals surface area contributed by atoms with Crippen molar-refractivity contribution in [2.75, 3.05) is 33.7 Å². The van der Waals surface area contributed by atoms with E-state index < -0.39 is 0 Å². The Labute approximate surface area is 101 Å². The van der Waals surface area contributed by atoms with Crippen LogP contribution in [0.3, 0.4) is 0 Å². The largest absolute Gasteiger partial charge is 0.314 e. The maximum Gasteiger partial charge on any atom is 0.00817 e. The lowest BCUT2D eigenvalue weighted by atomic mass is 9.99. The van der Waals surface area contributed by atoms with Gasteiger partial charge in [-0.3, -0.25) is 0 Å². The molecule has 0 amide bonds. The molecule has 0 aromatic heterocycles. The van der Waals surface area contributed by atoms with Crippen molar-refractivity contribution in [3.05, 3.63) is 0 Å². The minimum Gasteiger partial charge on any atom is -0.314 e. The minimum atomic E-state index is 0.651. The van der Waals surface area contributed by atoms with Crippen LogP contribution in [-0.4, -0.2) is 50.7 Å². The van der Waals surface area contributed by atoms with Crippen LogP contribution in [0.25, 0.3) is 0 Å². The monoisotopic (exact) mass is 227 g/mol. The average Bonchev–Trinajstić information content (AvgIpc) is 2.25. The topological polar surface area (TPSA) is 27.3 Å². The van der Waals surface area contributed by atoms with Crippen molar-refractivity contribution in [1.82, 2.24) is 15.5 Å². The van der Waals surface area contributed by atoms with Crippen LogP contribution in [0.4, 0.5) is 0 Å². The van der Waals surface area contributed by atoms with Crippen LogP contribution < -0.4 is 10.6 Å². The van der Waals surface area contributed by atoms with E-state index in [0.29, 0.717) is 6.04 Å². The van der Waals surface area contributed by atoms with Crippen LogP contribution in [0.5, 0.6) is 0 Å². The lowest BCUT2D eigenvalue weighted by molar-refractivity contribution is 0.337. The van der Waals surface area contributed by atoms with Crippen LogP contribution in [0.15, 0.2) is 0 Å². The molecule has 1 heterocycles. The third-order valence-electron chi connectivity index (χ3n) is 3.33. The van der Waals surface area contributed by atoms with Crippen molar-refractivity contribution >= 4 is 0 Å². The van der Waals surface area contributed by atoms with Gasteiger partial charge in [0.1, 0.15) is 0 Å². The summed E-state index contributed by atoms with van der Waals surface area (Å²) in [5.41, 5.74) is 0. The lowest BCUT2D eigenvalue weighted by Crippen LogP contribution is -2.40. The van der Waals surface area contributed by atoms with E-state index in [1.54, 1.807) is 0 Å². The quantitative estimate of drug-likeness (QED) is 0.645. The minimum absolute atomic E-state index is 0.651. The summed E-state index contributed by atoms with van der Waals surface area (Å²) >= 11 is 0. The molecular formula is C13H29N3. The van der Waals surface area contributed by atoms with Gasteiger partial charge in [-0.2, -0.15) is 0 Å². The van der Waals surface area contributed by atoms with Gasteiger partial charge in [0.2, 0.25) is 0 Å². The Morgan fingerprint density at radius 2 is 2.19 bits per heavy atom. The first-order valence-corrected chi connectivity index (χ1v) is 6.80. The molecule has 16 heavy (non-hydrogen) atoms. The highest BCUT2D eigenvalue weighted by Crippen LogP contribution is 2.11. The smallest absolute Gasteiger partial charge is 0.00817 e. The van der Waals surface area contributed by atoms with Crippen molar-refractivity contribution in [3.8, 4) is 0 Å². The van der Waals surface area contributed by atoms with Gasteiger partial charge in [-0.15, -0.1) is 0 Å². The van der Waals surface area contributed by atoms with Gasteiger partial charge in [-0.25, -0.2) is 0 Å².